The summed E-state index contributed by atoms with van der Waals surface area (Å²) in [6.45, 7) is 2.09. The fourth-order valence-corrected chi connectivity index (χ4v) is 2.17. The molecule has 0 saturated heterocycles. The second-order valence-electron chi connectivity index (χ2n) is 5.21. The lowest BCUT2D eigenvalue weighted by atomic mass is 10.3. The van der Waals surface area contributed by atoms with Crippen LogP contribution in [-0.2, 0) is 6.61 Å². The van der Waals surface area contributed by atoms with E-state index in [1.165, 1.54) is 0 Å². The minimum atomic E-state index is 0.216. The van der Waals surface area contributed by atoms with Crippen molar-refractivity contribution in [1.82, 2.24) is 20.1 Å². The Morgan fingerprint density at radius 3 is 2.67 bits per heavy atom. The topological polar surface area (TPSA) is 73.9 Å². The van der Waals surface area contributed by atoms with Crippen molar-refractivity contribution < 1.29 is 9.26 Å². The number of hydrogen-bond acceptors (Lipinski definition) is 6. The fraction of sp³-hybridized carbons (Fsp3) is 0.333. The monoisotopic (exact) mass is 282 g/mol. The average molecular weight is 282 g/mol. The van der Waals surface area contributed by atoms with Crippen molar-refractivity contribution >= 4 is 11.0 Å². The molecule has 6 nitrogen and oxygen atoms in total. The van der Waals surface area contributed by atoms with Gasteiger partial charge in [0, 0.05) is 5.92 Å². The molecule has 1 aromatic carbocycles. The Hall–Kier alpha value is -2.50. The summed E-state index contributed by atoms with van der Waals surface area (Å²) in [5.41, 5.74) is 2.41. The predicted octanol–water partition coefficient (Wildman–Crippen LogP) is 2.78. The van der Waals surface area contributed by atoms with Crippen molar-refractivity contribution in [3.8, 4) is 5.88 Å². The highest BCUT2D eigenvalue weighted by molar-refractivity contribution is 5.74. The summed E-state index contributed by atoms with van der Waals surface area (Å²) in [4.78, 5) is 13.3. The number of nitrogens with zero attached hydrogens (tertiary/aromatic N) is 4. The highest BCUT2D eigenvalue weighted by atomic mass is 16.5. The molecule has 3 aromatic rings. The molecule has 0 atom stereocenters. The second kappa shape index (κ2) is 4.80. The van der Waals surface area contributed by atoms with Crippen LogP contribution in [0, 0.1) is 6.92 Å². The number of fused-ring (bicyclic) bond motifs is 1. The minimum Gasteiger partial charge on any atom is -0.466 e. The van der Waals surface area contributed by atoms with Gasteiger partial charge in [0.15, 0.2) is 12.4 Å². The molecule has 0 N–H and O–H groups in total. The molecule has 6 heteroatoms. The number of para-hydroxylation sites is 2. The molecule has 2 heterocycles. The molecule has 0 amide bonds. The van der Waals surface area contributed by atoms with E-state index in [2.05, 4.69) is 20.1 Å². The van der Waals surface area contributed by atoms with Crippen LogP contribution in [0.15, 0.2) is 28.8 Å². The maximum absolute atomic E-state index is 5.67. The highest BCUT2D eigenvalue weighted by Crippen LogP contribution is 2.38. The van der Waals surface area contributed by atoms with E-state index >= 15 is 0 Å². The third-order valence-electron chi connectivity index (χ3n) is 3.46. The molecule has 1 aliphatic carbocycles. The summed E-state index contributed by atoms with van der Waals surface area (Å²) in [6.07, 6.45) is 2.30. The molecule has 106 valence electrons. The summed E-state index contributed by atoms with van der Waals surface area (Å²) in [6, 6.07) is 7.70. The van der Waals surface area contributed by atoms with Gasteiger partial charge in [0.2, 0.25) is 5.88 Å². The van der Waals surface area contributed by atoms with Crippen molar-refractivity contribution in [2.45, 2.75) is 32.3 Å². The van der Waals surface area contributed by atoms with E-state index in [0.717, 1.165) is 35.4 Å². The van der Waals surface area contributed by atoms with Crippen LogP contribution >= 0.6 is 0 Å². The molecule has 21 heavy (non-hydrogen) atoms. The Labute approximate surface area is 121 Å². The lowest BCUT2D eigenvalue weighted by molar-refractivity contribution is 0.233. The van der Waals surface area contributed by atoms with Gasteiger partial charge >= 0.3 is 0 Å². The summed E-state index contributed by atoms with van der Waals surface area (Å²) in [5.74, 6) is 2.24. The third-order valence-corrected chi connectivity index (χ3v) is 3.46. The first-order chi connectivity index (χ1) is 10.3. The van der Waals surface area contributed by atoms with Crippen LogP contribution < -0.4 is 4.74 Å². The Morgan fingerprint density at radius 2 is 1.90 bits per heavy atom. The molecular formula is C15H14N4O2. The van der Waals surface area contributed by atoms with Crippen LogP contribution in [0.5, 0.6) is 5.88 Å². The van der Waals surface area contributed by atoms with Crippen LogP contribution in [0.4, 0.5) is 0 Å². The highest BCUT2D eigenvalue weighted by Gasteiger charge is 2.28. The Kier molecular flexibility index (Phi) is 2.80. The summed E-state index contributed by atoms with van der Waals surface area (Å²) >= 11 is 0. The molecule has 0 radical (unpaired) electrons. The Morgan fingerprint density at radius 1 is 1.14 bits per heavy atom. The molecular weight excluding hydrogens is 268 g/mol. The van der Waals surface area contributed by atoms with Crippen molar-refractivity contribution in [1.29, 1.82) is 0 Å². The van der Waals surface area contributed by atoms with Gasteiger partial charge < -0.3 is 9.26 Å². The van der Waals surface area contributed by atoms with Gasteiger partial charge in [-0.15, -0.1) is 0 Å². The van der Waals surface area contributed by atoms with Crippen LogP contribution in [0.2, 0.25) is 0 Å². The quantitative estimate of drug-likeness (QED) is 0.732. The van der Waals surface area contributed by atoms with Gasteiger partial charge in [0.1, 0.15) is 5.69 Å². The third kappa shape index (κ3) is 2.44. The minimum absolute atomic E-state index is 0.216. The van der Waals surface area contributed by atoms with Crippen LogP contribution in [0.25, 0.3) is 11.0 Å². The smallest absolute Gasteiger partial charge is 0.264 e. The maximum Gasteiger partial charge on any atom is 0.264 e. The first kappa shape index (κ1) is 12.3. The van der Waals surface area contributed by atoms with Crippen LogP contribution in [0.3, 0.4) is 0 Å². The molecule has 1 saturated carbocycles. The van der Waals surface area contributed by atoms with E-state index in [1.54, 1.807) is 0 Å². The van der Waals surface area contributed by atoms with Crippen molar-refractivity contribution in [2.24, 2.45) is 0 Å². The number of ether oxygens (including phenoxy) is 1. The number of hydrogen-bond donors (Lipinski definition) is 0. The number of aryl methyl sites for hydroxylation is 1. The fourth-order valence-electron chi connectivity index (χ4n) is 2.17. The van der Waals surface area contributed by atoms with E-state index in [-0.39, 0.29) is 6.61 Å². The molecule has 1 aliphatic rings. The molecule has 2 aromatic heterocycles. The zero-order valence-electron chi connectivity index (χ0n) is 11.6. The normalized spacial score (nSPS) is 14.5. The van der Waals surface area contributed by atoms with Crippen molar-refractivity contribution in [3.63, 3.8) is 0 Å². The summed E-state index contributed by atoms with van der Waals surface area (Å²) in [5, 5.41) is 3.96. The molecule has 1 fully saturated rings. The first-order valence-corrected chi connectivity index (χ1v) is 6.98. The zero-order chi connectivity index (χ0) is 14.2. The van der Waals surface area contributed by atoms with Gasteiger partial charge in [-0.3, -0.25) is 0 Å². The van der Waals surface area contributed by atoms with Crippen LogP contribution in [0.1, 0.15) is 36.2 Å². The number of benzene rings is 1. The van der Waals surface area contributed by atoms with Gasteiger partial charge in [-0.1, -0.05) is 17.3 Å². The average Bonchev–Trinajstić information content (AvgIpc) is 3.24. The van der Waals surface area contributed by atoms with Gasteiger partial charge in [-0.05, 0) is 31.9 Å². The summed E-state index contributed by atoms with van der Waals surface area (Å²) < 4.78 is 10.9. The second-order valence-corrected chi connectivity index (χ2v) is 5.21. The van der Waals surface area contributed by atoms with Crippen molar-refractivity contribution in [3.05, 3.63) is 41.7 Å². The number of rotatable bonds is 4. The lowest BCUT2D eigenvalue weighted by Crippen LogP contribution is -2.01. The molecule has 0 aliphatic heterocycles. The summed E-state index contributed by atoms with van der Waals surface area (Å²) in [7, 11) is 0. The maximum atomic E-state index is 5.67. The van der Waals surface area contributed by atoms with E-state index in [0.29, 0.717) is 17.7 Å². The molecule has 4 rings (SSSR count). The van der Waals surface area contributed by atoms with Crippen molar-refractivity contribution in [2.75, 3.05) is 0 Å². The standard InChI is InChI=1S/C15H14N4O2/c1-9-15(17-12-5-3-2-4-11(12)16-9)20-8-13-18-14(19-21-13)10-6-7-10/h2-5,10H,6-8H2,1H3. The van der Waals surface area contributed by atoms with E-state index < -0.39 is 0 Å². The van der Waals surface area contributed by atoms with Gasteiger partial charge in [-0.2, -0.15) is 4.98 Å². The van der Waals surface area contributed by atoms with Gasteiger partial charge in [0.25, 0.3) is 5.89 Å². The molecule has 0 spiro atoms. The van der Waals surface area contributed by atoms with E-state index in [9.17, 15) is 0 Å². The SMILES string of the molecule is Cc1nc2ccccc2nc1OCc1nc(C2CC2)no1. The Balaban J connectivity index is 1.54. The van der Waals surface area contributed by atoms with E-state index in [1.807, 2.05) is 31.2 Å². The zero-order valence-corrected chi connectivity index (χ0v) is 11.6. The molecule has 0 unspecified atom stereocenters. The predicted molar refractivity (Wildman–Crippen MR) is 74.9 cm³/mol. The van der Waals surface area contributed by atoms with Crippen LogP contribution in [-0.4, -0.2) is 20.1 Å². The molecule has 0 bridgehead atoms. The van der Waals surface area contributed by atoms with Gasteiger partial charge in [-0.25, -0.2) is 9.97 Å². The van der Waals surface area contributed by atoms with Gasteiger partial charge in [0.05, 0.1) is 11.0 Å². The lowest BCUT2D eigenvalue weighted by Gasteiger charge is -2.06. The first-order valence-electron chi connectivity index (χ1n) is 6.98. The number of aromatic nitrogens is 4. The van der Waals surface area contributed by atoms with E-state index in [4.69, 9.17) is 9.26 Å². The Bertz CT molecular complexity index is 795. The largest absolute Gasteiger partial charge is 0.466 e.